The quantitative estimate of drug-likeness (QED) is 0.467. The Bertz CT molecular complexity index is 156. The van der Waals surface area contributed by atoms with Crippen LogP contribution in [0, 0.1) is 0 Å². The van der Waals surface area contributed by atoms with Crippen molar-refractivity contribution < 1.29 is 14.4 Å². The van der Waals surface area contributed by atoms with Gasteiger partial charge in [0.25, 0.3) is 0 Å². The summed E-state index contributed by atoms with van der Waals surface area (Å²) in [6, 6.07) is 0. The molecule has 0 amide bonds. The van der Waals surface area contributed by atoms with Crippen LogP contribution in [0.5, 0.6) is 0 Å². The van der Waals surface area contributed by atoms with E-state index in [4.69, 9.17) is 9.79 Å². The summed E-state index contributed by atoms with van der Waals surface area (Å²) in [5.41, 5.74) is 0. The van der Waals surface area contributed by atoms with Crippen molar-refractivity contribution in [3.8, 4) is 0 Å². The fourth-order valence-electron chi connectivity index (χ4n) is 0.294. The van der Waals surface area contributed by atoms with Gasteiger partial charge in [0.15, 0.2) is 0 Å². The van der Waals surface area contributed by atoms with Crippen molar-refractivity contribution in [3.63, 3.8) is 0 Å². The molecule has 0 saturated carbocycles. The number of hydrogen-bond acceptors (Lipinski definition) is 1. The van der Waals surface area contributed by atoms with Gasteiger partial charge in [-0.3, -0.25) is 4.57 Å². The zero-order valence-corrected chi connectivity index (χ0v) is 5.79. The third-order valence-electron chi connectivity index (χ3n) is 0.602. The minimum absolute atomic E-state index is 0.491. The molecule has 0 atom stereocenters. The monoisotopic (exact) mass is 148 g/mol. The number of allylic oxidation sites excluding steroid dienone is 2. The highest BCUT2D eigenvalue weighted by atomic mass is 31.2. The maximum Gasteiger partial charge on any atom is 0.348 e. The van der Waals surface area contributed by atoms with E-state index >= 15 is 0 Å². The molecular weight excluding hydrogens is 139 g/mol. The first-order chi connectivity index (χ1) is 4.06. The lowest BCUT2D eigenvalue weighted by Gasteiger charge is -1.91. The van der Waals surface area contributed by atoms with E-state index in [0.717, 1.165) is 5.82 Å². The van der Waals surface area contributed by atoms with E-state index in [1.165, 1.54) is 6.08 Å². The molecule has 0 aliphatic rings. The lowest BCUT2D eigenvalue weighted by Crippen LogP contribution is -1.67. The molecule has 0 aromatic heterocycles. The Balaban J connectivity index is 3.71. The molecule has 2 N–H and O–H groups in total. The Morgan fingerprint density at radius 1 is 1.56 bits per heavy atom. The van der Waals surface area contributed by atoms with Gasteiger partial charge >= 0.3 is 7.60 Å². The van der Waals surface area contributed by atoms with Gasteiger partial charge < -0.3 is 9.79 Å². The van der Waals surface area contributed by atoms with E-state index in [1.807, 2.05) is 0 Å². The first kappa shape index (κ1) is 8.63. The summed E-state index contributed by atoms with van der Waals surface area (Å²) in [4.78, 5) is 16.5. The van der Waals surface area contributed by atoms with Gasteiger partial charge in [0.1, 0.15) is 0 Å². The fourth-order valence-corrected chi connectivity index (χ4v) is 0.691. The number of rotatable bonds is 3. The summed E-state index contributed by atoms with van der Waals surface area (Å²) in [5, 5.41) is 0. The van der Waals surface area contributed by atoms with Crippen molar-refractivity contribution in [3.05, 3.63) is 24.5 Å². The normalized spacial score (nSPS) is 12.2. The van der Waals surface area contributed by atoms with Crippen LogP contribution < -0.4 is 0 Å². The van der Waals surface area contributed by atoms with Gasteiger partial charge in [0.2, 0.25) is 0 Å². The first-order valence-electron chi connectivity index (χ1n) is 2.40. The minimum Gasteiger partial charge on any atom is -0.321 e. The van der Waals surface area contributed by atoms with Gasteiger partial charge in [-0.15, -0.1) is 6.58 Å². The molecule has 0 aliphatic carbocycles. The summed E-state index contributed by atoms with van der Waals surface area (Å²) in [6.07, 6.45) is 3.44. The topological polar surface area (TPSA) is 57.5 Å². The SMILES string of the molecule is C=CCC=CP(=O)(O)O. The van der Waals surface area contributed by atoms with Crippen molar-refractivity contribution in [2.45, 2.75) is 6.42 Å². The summed E-state index contributed by atoms with van der Waals surface area (Å²) in [7, 11) is -3.92. The van der Waals surface area contributed by atoms with Crippen LogP contribution in [-0.2, 0) is 4.57 Å². The lowest BCUT2D eigenvalue weighted by molar-refractivity contribution is 0.386. The van der Waals surface area contributed by atoms with E-state index < -0.39 is 7.60 Å². The molecule has 0 bridgehead atoms. The van der Waals surface area contributed by atoms with Gasteiger partial charge in [0, 0.05) is 5.82 Å². The Labute approximate surface area is 53.9 Å². The summed E-state index contributed by atoms with van der Waals surface area (Å²) in [5.74, 6) is 0.870. The molecule has 0 fully saturated rings. The van der Waals surface area contributed by atoms with Crippen LogP contribution in [0.25, 0.3) is 0 Å². The summed E-state index contributed by atoms with van der Waals surface area (Å²) in [6.45, 7) is 3.38. The molecular formula is C5H9O3P. The Morgan fingerprint density at radius 2 is 2.11 bits per heavy atom. The molecule has 0 rings (SSSR count). The maximum absolute atomic E-state index is 10.1. The second-order valence-electron chi connectivity index (χ2n) is 1.50. The van der Waals surface area contributed by atoms with E-state index in [1.54, 1.807) is 6.08 Å². The van der Waals surface area contributed by atoms with Crippen LogP contribution in [0.4, 0.5) is 0 Å². The molecule has 52 valence electrons. The van der Waals surface area contributed by atoms with Crippen LogP contribution >= 0.6 is 7.60 Å². The molecule has 0 saturated heterocycles. The fraction of sp³-hybridized carbons (Fsp3) is 0.200. The molecule has 0 radical (unpaired) electrons. The van der Waals surface area contributed by atoms with Crippen LogP contribution in [-0.4, -0.2) is 9.79 Å². The molecule has 4 heteroatoms. The van der Waals surface area contributed by atoms with Gasteiger partial charge in [0.05, 0.1) is 0 Å². The van der Waals surface area contributed by atoms with E-state index in [-0.39, 0.29) is 0 Å². The van der Waals surface area contributed by atoms with Crippen molar-refractivity contribution >= 4 is 7.60 Å². The Morgan fingerprint density at radius 3 is 2.44 bits per heavy atom. The van der Waals surface area contributed by atoms with Crippen molar-refractivity contribution in [2.75, 3.05) is 0 Å². The standard InChI is InChI=1S/C5H9O3P/c1-2-3-4-5-9(6,7)8/h2,4-5H,1,3H2,(H2,6,7,8). The molecule has 3 nitrogen and oxygen atoms in total. The van der Waals surface area contributed by atoms with Gasteiger partial charge in [-0.1, -0.05) is 12.2 Å². The largest absolute Gasteiger partial charge is 0.348 e. The Hall–Kier alpha value is -0.370. The van der Waals surface area contributed by atoms with Crippen LogP contribution in [0.2, 0.25) is 0 Å². The maximum atomic E-state index is 10.1. The van der Waals surface area contributed by atoms with Gasteiger partial charge in [-0.05, 0) is 6.42 Å². The molecule has 0 aromatic carbocycles. The third-order valence-corrected chi connectivity index (χ3v) is 1.20. The highest BCUT2D eigenvalue weighted by molar-refractivity contribution is 7.55. The molecule has 9 heavy (non-hydrogen) atoms. The highest BCUT2D eigenvalue weighted by Gasteiger charge is 2.03. The smallest absolute Gasteiger partial charge is 0.321 e. The predicted octanol–water partition coefficient (Wildman–Crippen LogP) is 1.25. The highest BCUT2D eigenvalue weighted by Crippen LogP contribution is 2.35. The van der Waals surface area contributed by atoms with Gasteiger partial charge in [-0.25, -0.2) is 0 Å². The van der Waals surface area contributed by atoms with Crippen LogP contribution in [0.3, 0.4) is 0 Å². The second-order valence-corrected chi connectivity index (χ2v) is 2.97. The molecule has 0 aliphatic heterocycles. The Kier molecular flexibility index (Phi) is 3.47. The van der Waals surface area contributed by atoms with Crippen LogP contribution in [0.1, 0.15) is 6.42 Å². The van der Waals surface area contributed by atoms with Crippen molar-refractivity contribution in [1.82, 2.24) is 0 Å². The molecule has 0 spiro atoms. The van der Waals surface area contributed by atoms with Gasteiger partial charge in [-0.2, -0.15) is 0 Å². The molecule has 0 aromatic rings. The van der Waals surface area contributed by atoms with E-state index in [2.05, 4.69) is 6.58 Å². The lowest BCUT2D eigenvalue weighted by atomic mass is 10.4. The third kappa shape index (κ3) is 7.63. The van der Waals surface area contributed by atoms with E-state index in [9.17, 15) is 4.57 Å². The average Bonchev–Trinajstić information content (AvgIpc) is 1.63. The first-order valence-corrected chi connectivity index (χ1v) is 4.08. The summed E-state index contributed by atoms with van der Waals surface area (Å²) < 4.78 is 10.1. The molecule has 0 unspecified atom stereocenters. The second kappa shape index (κ2) is 3.62. The zero-order chi connectivity index (χ0) is 7.33. The molecule has 0 heterocycles. The van der Waals surface area contributed by atoms with Crippen molar-refractivity contribution in [1.29, 1.82) is 0 Å². The zero-order valence-electron chi connectivity index (χ0n) is 4.90. The van der Waals surface area contributed by atoms with Crippen LogP contribution in [0.15, 0.2) is 24.5 Å². The average molecular weight is 148 g/mol. The van der Waals surface area contributed by atoms with Crippen molar-refractivity contribution in [2.24, 2.45) is 0 Å². The summed E-state index contributed by atoms with van der Waals surface area (Å²) >= 11 is 0. The van der Waals surface area contributed by atoms with E-state index in [0.29, 0.717) is 6.42 Å². The predicted molar refractivity (Wildman–Crippen MR) is 36.0 cm³/mol. The minimum atomic E-state index is -3.92. The number of hydrogen-bond donors (Lipinski definition) is 2.